The van der Waals surface area contributed by atoms with Gasteiger partial charge in [-0.3, -0.25) is 9.69 Å². The van der Waals surface area contributed by atoms with Crippen LogP contribution >= 0.6 is 11.6 Å². The first-order valence-electron chi connectivity index (χ1n) is 6.88. The summed E-state index contributed by atoms with van der Waals surface area (Å²) in [6.07, 6.45) is 3.55. The minimum Gasteiger partial charge on any atom is -0.317 e. The topological polar surface area (TPSA) is 54.3 Å². The molecule has 3 rings (SSSR count). The maximum absolute atomic E-state index is 12.1. The summed E-state index contributed by atoms with van der Waals surface area (Å²) in [6, 6.07) is 10.7. The standard InChI is InChI=1S/C16H14ClN3O2/c1-2-19-15(21)14(18-16(19)22)10-13-4-3-9-20(13)12-7-5-11(17)6-8-12/h3-10H,2H2,1H3,(H,18,22)/b14-10+. The van der Waals surface area contributed by atoms with E-state index in [9.17, 15) is 9.59 Å². The molecule has 1 aliphatic heterocycles. The molecule has 5 nitrogen and oxygen atoms in total. The number of nitrogens with one attached hydrogen (secondary N) is 1. The summed E-state index contributed by atoms with van der Waals surface area (Å²) >= 11 is 5.90. The average molecular weight is 316 g/mol. The van der Waals surface area contributed by atoms with Gasteiger partial charge in [0.05, 0.1) is 0 Å². The second-order valence-electron chi connectivity index (χ2n) is 4.82. The molecule has 112 valence electrons. The highest BCUT2D eigenvalue weighted by Gasteiger charge is 2.32. The van der Waals surface area contributed by atoms with Crippen molar-refractivity contribution >= 4 is 29.6 Å². The third kappa shape index (κ3) is 2.51. The molecule has 1 aromatic carbocycles. The van der Waals surface area contributed by atoms with Crippen LogP contribution in [0.3, 0.4) is 0 Å². The molecule has 0 spiro atoms. The number of urea groups is 1. The summed E-state index contributed by atoms with van der Waals surface area (Å²) in [4.78, 5) is 25.0. The van der Waals surface area contributed by atoms with E-state index in [-0.39, 0.29) is 17.6 Å². The number of amides is 3. The Labute approximate surface area is 132 Å². The van der Waals surface area contributed by atoms with Gasteiger partial charge in [-0.05, 0) is 49.4 Å². The molecule has 2 aromatic rings. The smallest absolute Gasteiger partial charge is 0.317 e. The molecule has 0 saturated carbocycles. The number of hydrogen-bond acceptors (Lipinski definition) is 2. The fourth-order valence-corrected chi connectivity index (χ4v) is 2.48. The van der Waals surface area contributed by atoms with E-state index in [1.54, 1.807) is 25.1 Å². The van der Waals surface area contributed by atoms with E-state index >= 15 is 0 Å². The largest absolute Gasteiger partial charge is 0.328 e. The van der Waals surface area contributed by atoms with E-state index in [0.717, 1.165) is 11.4 Å². The molecule has 1 fully saturated rings. The normalized spacial score (nSPS) is 16.5. The lowest BCUT2D eigenvalue weighted by Crippen LogP contribution is -2.30. The number of aromatic nitrogens is 1. The highest BCUT2D eigenvalue weighted by atomic mass is 35.5. The van der Waals surface area contributed by atoms with Gasteiger partial charge in [0.25, 0.3) is 5.91 Å². The minimum atomic E-state index is -0.386. The maximum Gasteiger partial charge on any atom is 0.328 e. The molecular weight excluding hydrogens is 302 g/mol. The van der Waals surface area contributed by atoms with E-state index in [0.29, 0.717) is 11.6 Å². The van der Waals surface area contributed by atoms with Gasteiger partial charge in [-0.25, -0.2) is 4.79 Å². The van der Waals surface area contributed by atoms with Crippen LogP contribution in [-0.2, 0) is 4.79 Å². The predicted octanol–water partition coefficient (Wildman–Crippen LogP) is 3.04. The van der Waals surface area contributed by atoms with Crippen LogP contribution in [-0.4, -0.2) is 28.0 Å². The average Bonchev–Trinajstić information content (AvgIpc) is 3.06. The summed E-state index contributed by atoms with van der Waals surface area (Å²) in [7, 11) is 0. The van der Waals surface area contributed by atoms with Crippen LogP contribution in [0.5, 0.6) is 0 Å². The van der Waals surface area contributed by atoms with Crippen LogP contribution in [0.25, 0.3) is 11.8 Å². The lowest BCUT2D eigenvalue weighted by Gasteiger charge is -2.07. The van der Waals surface area contributed by atoms with Crippen molar-refractivity contribution in [2.75, 3.05) is 6.54 Å². The molecule has 3 amide bonds. The maximum atomic E-state index is 12.1. The Bertz CT molecular complexity index is 762. The summed E-state index contributed by atoms with van der Waals surface area (Å²) in [5, 5.41) is 3.25. The van der Waals surface area contributed by atoms with Gasteiger partial charge in [0.15, 0.2) is 0 Å². The lowest BCUT2D eigenvalue weighted by atomic mass is 10.2. The van der Waals surface area contributed by atoms with Crippen molar-refractivity contribution in [1.29, 1.82) is 0 Å². The van der Waals surface area contributed by atoms with Crippen molar-refractivity contribution in [3.8, 4) is 5.69 Å². The van der Waals surface area contributed by atoms with Crippen molar-refractivity contribution < 1.29 is 9.59 Å². The Morgan fingerprint density at radius 1 is 1.18 bits per heavy atom. The van der Waals surface area contributed by atoms with Gasteiger partial charge in [-0.1, -0.05) is 11.6 Å². The number of carbonyl (C=O) groups is 2. The molecular formula is C16H14ClN3O2. The first-order valence-corrected chi connectivity index (χ1v) is 7.26. The van der Waals surface area contributed by atoms with Crippen LogP contribution in [0.15, 0.2) is 48.3 Å². The minimum absolute atomic E-state index is 0.278. The Balaban J connectivity index is 1.96. The monoisotopic (exact) mass is 315 g/mol. The van der Waals surface area contributed by atoms with Crippen molar-refractivity contribution in [1.82, 2.24) is 14.8 Å². The molecule has 0 aliphatic carbocycles. The Kier molecular flexibility index (Phi) is 3.73. The van der Waals surface area contributed by atoms with Gasteiger partial charge in [-0.2, -0.15) is 0 Å². The SMILES string of the molecule is CCN1C(=O)N/C(=C/c2cccn2-c2ccc(Cl)cc2)C1=O. The molecule has 0 atom stereocenters. The molecule has 1 aliphatic rings. The molecule has 0 bridgehead atoms. The molecule has 1 N–H and O–H groups in total. The first-order chi connectivity index (χ1) is 10.6. The zero-order valence-corrected chi connectivity index (χ0v) is 12.7. The van der Waals surface area contributed by atoms with Crippen LogP contribution in [0.4, 0.5) is 4.79 Å². The highest BCUT2D eigenvalue weighted by molar-refractivity contribution is 6.30. The van der Waals surface area contributed by atoms with Crippen molar-refractivity contribution in [3.05, 3.63) is 59.0 Å². The number of imide groups is 1. The number of hydrogen-bond donors (Lipinski definition) is 1. The van der Waals surface area contributed by atoms with Crippen LogP contribution < -0.4 is 5.32 Å². The predicted molar refractivity (Wildman–Crippen MR) is 84.7 cm³/mol. The summed E-state index contributed by atoms with van der Waals surface area (Å²) in [5.41, 5.74) is 2.00. The molecule has 0 unspecified atom stereocenters. The van der Waals surface area contributed by atoms with Gasteiger partial charge >= 0.3 is 6.03 Å². The molecule has 6 heteroatoms. The molecule has 1 aromatic heterocycles. The van der Waals surface area contributed by atoms with E-state index in [1.165, 1.54) is 4.90 Å². The third-order valence-corrected chi connectivity index (χ3v) is 3.71. The van der Waals surface area contributed by atoms with Gasteiger partial charge < -0.3 is 9.88 Å². The highest BCUT2D eigenvalue weighted by Crippen LogP contribution is 2.19. The van der Waals surface area contributed by atoms with E-state index in [1.807, 2.05) is 35.0 Å². The number of benzene rings is 1. The molecule has 0 radical (unpaired) electrons. The fourth-order valence-electron chi connectivity index (χ4n) is 2.36. The number of halogens is 1. The Morgan fingerprint density at radius 3 is 2.55 bits per heavy atom. The summed E-state index contributed by atoms with van der Waals surface area (Å²) in [5.74, 6) is -0.309. The number of rotatable bonds is 3. The quantitative estimate of drug-likeness (QED) is 0.699. The first kappa shape index (κ1) is 14.4. The van der Waals surface area contributed by atoms with Crippen LogP contribution in [0.2, 0.25) is 5.02 Å². The van der Waals surface area contributed by atoms with Gasteiger partial charge in [0.2, 0.25) is 0 Å². The van der Waals surface area contributed by atoms with Crippen molar-refractivity contribution in [2.45, 2.75) is 6.92 Å². The second kappa shape index (κ2) is 5.69. The van der Waals surface area contributed by atoms with Crippen LogP contribution in [0, 0.1) is 0 Å². The Morgan fingerprint density at radius 2 is 1.91 bits per heavy atom. The second-order valence-corrected chi connectivity index (χ2v) is 5.25. The molecule has 2 heterocycles. The Hall–Kier alpha value is -2.53. The lowest BCUT2D eigenvalue weighted by molar-refractivity contribution is -0.122. The van der Waals surface area contributed by atoms with E-state index < -0.39 is 0 Å². The zero-order chi connectivity index (χ0) is 15.7. The van der Waals surface area contributed by atoms with E-state index in [4.69, 9.17) is 11.6 Å². The van der Waals surface area contributed by atoms with Gasteiger partial charge in [0, 0.05) is 29.1 Å². The summed E-state index contributed by atoms with van der Waals surface area (Å²) in [6.45, 7) is 2.11. The van der Waals surface area contributed by atoms with Crippen molar-refractivity contribution in [3.63, 3.8) is 0 Å². The van der Waals surface area contributed by atoms with Crippen molar-refractivity contribution in [2.24, 2.45) is 0 Å². The van der Waals surface area contributed by atoms with E-state index in [2.05, 4.69) is 5.32 Å². The molecule has 22 heavy (non-hydrogen) atoms. The number of carbonyl (C=O) groups excluding carboxylic acids is 2. The molecule has 1 saturated heterocycles. The summed E-state index contributed by atoms with van der Waals surface area (Å²) < 4.78 is 1.91. The zero-order valence-electron chi connectivity index (χ0n) is 11.9. The number of nitrogens with zero attached hydrogens (tertiary/aromatic N) is 2. The van der Waals surface area contributed by atoms with Crippen LogP contribution in [0.1, 0.15) is 12.6 Å². The fraction of sp³-hybridized carbons (Fsp3) is 0.125. The van der Waals surface area contributed by atoms with Gasteiger partial charge in [-0.15, -0.1) is 0 Å². The number of likely N-dealkylation sites (N-methyl/N-ethyl adjacent to an activating group) is 1. The van der Waals surface area contributed by atoms with Gasteiger partial charge in [0.1, 0.15) is 5.70 Å². The third-order valence-electron chi connectivity index (χ3n) is 3.46.